The number of hydrogen-bond acceptors (Lipinski definition) is 3. The minimum absolute atomic E-state index is 0. The molecule has 0 aromatic heterocycles. The molecule has 9 heavy (non-hydrogen) atoms. The van der Waals surface area contributed by atoms with E-state index >= 15 is 0 Å². The van der Waals surface area contributed by atoms with E-state index in [0.29, 0.717) is 0 Å². The lowest BCUT2D eigenvalue weighted by Gasteiger charge is -2.11. The average Bonchev–Trinajstić information content (AvgIpc) is 1.72. The van der Waals surface area contributed by atoms with E-state index in [9.17, 15) is 0 Å². The SMILES string of the molecule is Br.C.C1CNCCN1.N. The largest absolute Gasteiger partial charge is 0.344 e. The molecule has 4 heteroatoms. The zero-order chi connectivity index (χ0) is 4.24. The van der Waals surface area contributed by atoms with Crippen LogP contribution in [0.4, 0.5) is 0 Å². The van der Waals surface area contributed by atoms with Crippen LogP contribution in [0.5, 0.6) is 0 Å². The van der Waals surface area contributed by atoms with Gasteiger partial charge in [-0.05, 0) is 0 Å². The van der Waals surface area contributed by atoms with Gasteiger partial charge in [0.25, 0.3) is 0 Å². The van der Waals surface area contributed by atoms with Crippen LogP contribution in [0.25, 0.3) is 0 Å². The van der Waals surface area contributed by atoms with E-state index in [-0.39, 0.29) is 30.6 Å². The van der Waals surface area contributed by atoms with Gasteiger partial charge in [-0.15, -0.1) is 17.0 Å². The van der Waals surface area contributed by atoms with E-state index in [2.05, 4.69) is 10.6 Å². The molecule has 0 aromatic carbocycles. The van der Waals surface area contributed by atoms with Crippen molar-refractivity contribution in [2.45, 2.75) is 7.43 Å². The van der Waals surface area contributed by atoms with Crippen molar-refractivity contribution in [3.05, 3.63) is 0 Å². The summed E-state index contributed by atoms with van der Waals surface area (Å²) in [5.74, 6) is 0. The average molecular weight is 200 g/mol. The lowest BCUT2D eigenvalue weighted by molar-refractivity contribution is 0.534. The van der Waals surface area contributed by atoms with Gasteiger partial charge in [0.1, 0.15) is 0 Å². The van der Waals surface area contributed by atoms with E-state index < -0.39 is 0 Å². The first kappa shape index (κ1) is 16.2. The zero-order valence-electron chi connectivity index (χ0n) is 4.94. The fourth-order valence-corrected chi connectivity index (χ4v) is 0.604. The summed E-state index contributed by atoms with van der Waals surface area (Å²) in [4.78, 5) is 0. The number of nitrogens with one attached hydrogen (secondary N) is 2. The Morgan fingerprint density at radius 2 is 1.00 bits per heavy atom. The Hall–Kier alpha value is 0.360. The van der Waals surface area contributed by atoms with E-state index in [1.165, 1.54) is 0 Å². The molecule has 0 amide bonds. The van der Waals surface area contributed by atoms with Crippen LogP contribution in [-0.4, -0.2) is 26.2 Å². The first-order valence-electron chi connectivity index (χ1n) is 2.41. The van der Waals surface area contributed by atoms with Crippen LogP contribution in [0.3, 0.4) is 0 Å². The highest BCUT2D eigenvalue weighted by atomic mass is 79.9. The number of rotatable bonds is 0. The second-order valence-corrected chi connectivity index (χ2v) is 1.50. The molecule has 1 fully saturated rings. The Kier molecular flexibility index (Phi) is 20.1. The molecule has 1 rings (SSSR count). The molecule has 0 atom stereocenters. The van der Waals surface area contributed by atoms with Gasteiger partial charge in [-0.2, -0.15) is 0 Å². The van der Waals surface area contributed by atoms with Gasteiger partial charge in [-0.1, -0.05) is 7.43 Å². The van der Waals surface area contributed by atoms with Gasteiger partial charge in [0.15, 0.2) is 0 Å². The van der Waals surface area contributed by atoms with Crippen molar-refractivity contribution >= 4 is 17.0 Å². The van der Waals surface area contributed by atoms with Gasteiger partial charge in [-0.3, -0.25) is 0 Å². The number of hydrogen-bond donors (Lipinski definition) is 3. The van der Waals surface area contributed by atoms with Gasteiger partial charge in [0.2, 0.25) is 0 Å². The second-order valence-electron chi connectivity index (χ2n) is 1.50. The van der Waals surface area contributed by atoms with Crippen LogP contribution in [0.1, 0.15) is 7.43 Å². The van der Waals surface area contributed by atoms with Gasteiger partial charge in [-0.25, -0.2) is 0 Å². The molecule has 1 aliphatic rings. The highest BCUT2D eigenvalue weighted by Gasteiger charge is 1.91. The summed E-state index contributed by atoms with van der Waals surface area (Å²) in [6.07, 6.45) is 0. The molecule has 0 radical (unpaired) electrons. The van der Waals surface area contributed by atoms with Crippen molar-refractivity contribution in [1.29, 1.82) is 0 Å². The Bertz CT molecular complexity index is 27.7. The molecular weight excluding hydrogens is 182 g/mol. The summed E-state index contributed by atoms with van der Waals surface area (Å²) >= 11 is 0. The van der Waals surface area contributed by atoms with E-state index in [0.717, 1.165) is 26.2 Å². The third kappa shape index (κ3) is 8.36. The first-order valence-corrected chi connectivity index (χ1v) is 2.41. The predicted octanol–water partition coefficient (Wildman–Crippen LogP) is 0.555. The van der Waals surface area contributed by atoms with Crippen molar-refractivity contribution in [1.82, 2.24) is 16.8 Å². The van der Waals surface area contributed by atoms with Gasteiger partial charge in [0, 0.05) is 26.2 Å². The van der Waals surface area contributed by atoms with Gasteiger partial charge < -0.3 is 16.8 Å². The highest BCUT2D eigenvalue weighted by molar-refractivity contribution is 8.93. The van der Waals surface area contributed by atoms with E-state index in [4.69, 9.17) is 0 Å². The number of piperazine rings is 1. The van der Waals surface area contributed by atoms with Crippen LogP contribution in [-0.2, 0) is 0 Å². The number of halogens is 1. The normalized spacial score (nSPS) is 16.0. The van der Waals surface area contributed by atoms with Crippen LogP contribution < -0.4 is 16.8 Å². The van der Waals surface area contributed by atoms with Crippen molar-refractivity contribution in [3.8, 4) is 0 Å². The second kappa shape index (κ2) is 11.2. The molecule has 1 heterocycles. The van der Waals surface area contributed by atoms with Crippen molar-refractivity contribution in [2.75, 3.05) is 26.2 Å². The molecule has 1 saturated heterocycles. The molecule has 0 unspecified atom stereocenters. The maximum Gasteiger partial charge on any atom is 0.00772 e. The smallest absolute Gasteiger partial charge is 0.00772 e. The molecule has 0 bridgehead atoms. The first-order chi connectivity index (χ1) is 3.00. The van der Waals surface area contributed by atoms with Crippen LogP contribution in [0, 0.1) is 0 Å². The molecular formula is C5H18BrN3. The Morgan fingerprint density at radius 3 is 1.11 bits per heavy atom. The van der Waals surface area contributed by atoms with E-state index in [1.807, 2.05) is 0 Å². The maximum absolute atomic E-state index is 3.22. The quantitative estimate of drug-likeness (QED) is 0.535. The summed E-state index contributed by atoms with van der Waals surface area (Å²) < 4.78 is 0. The third-order valence-corrected chi connectivity index (χ3v) is 0.957. The summed E-state index contributed by atoms with van der Waals surface area (Å²) in [6.45, 7) is 4.56. The molecule has 0 spiro atoms. The molecule has 1 aliphatic heterocycles. The Morgan fingerprint density at radius 1 is 0.778 bits per heavy atom. The minimum Gasteiger partial charge on any atom is -0.344 e. The topological polar surface area (TPSA) is 59.1 Å². The molecule has 3 nitrogen and oxygen atoms in total. The molecule has 60 valence electrons. The Labute approximate surface area is 67.9 Å². The lowest BCUT2D eigenvalue weighted by Crippen LogP contribution is -2.39. The van der Waals surface area contributed by atoms with Crippen molar-refractivity contribution in [2.24, 2.45) is 0 Å². The molecule has 0 aromatic rings. The third-order valence-electron chi connectivity index (χ3n) is 0.957. The van der Waals surface area contributed by atoms with Crippen LogP contribution in [0.2, 0.25) is 0 Å². The minimum atomic E-state index is 0. The summed E-state index contributed by atoms with van der Waals surface area (Å²) in [6, 6.07) is 0. The maximum atomic E-state index is 3.22. The fraction of sp³-hybridized carbons (Fsp3) is 1.00. The molecule has 0 aliphatic carbocycles. The van der Waals surface area contributed by atoms with Crippen LogP contribution in [0.15, 0.2) is 0 Å². The molecule has 5 N–H and O–H groups in total. The van der Waals surface area contributed by atoms with Gasteiger partial charge >= 0.3 is 0 Å². The lowest BCUT2D eigenvalue weighted by atomic mass is 10.4. The Balaban J connectivity index is -0.000000120. The van der Waals surface area contributed by atoms with E-state index in [1.54, 1.807) is 0 Å². The summed E-state index contributed by atoms with van der Waals surface area (Å²) in [5, 5.41) is 6.44. The summed E-state index contributed by atoms with van der Waals surface area (Å²) in [5.41, 5.74) is 0. The van der Waals surface area contributed by atoms with Crippen molar-refractivity contribution in [3.63, 3.8) is 0 Å². The fourth-order valence-electron chi connectivity index (χ4n) is 0.604. The highest BCUT2D eigenvalue weighted by Crippen LogP contribution is 1.65. The molecule has 0 saturated carbocycles. The van der Waals surface area contributed by atoms with Crippen molar-refractivity contribution < 1.29 is 0 Å². The van der Waals surface area contributed by atoms with Crippen LogP contribution >= 0.6 is 17.0 Å². The van der Waals surface area contributed by atoms with Gasteiger partial charge in [0.05, 0.1) is 0 Å². The predicted molar refractivity (Wildman–Crippen MR) is 47.8 cm³/mol. The zero-order valence-corrected chi connectivity index (χ0v) is 6.66. The summed E-state index contributed by atoms with van der Waals surface area (Å²) in [7, 11) is 0. The standard InChI is InChI=1S/C4H10N2.CH4.BrH.H3N/c1-2-6-4-3-5-1;;;/h5-6H,1-4H2;1H4;1H;1H3. The monoisotopic (exact) mass is 199 g/mol.